The fraction of sp³-hybridized carbons (Fsp3) is 0. The highest BCUT2D eigenvalue weighted by Gasteiger charge is 2.13. The molecule has 0 unspecified atom stereocenters. The summed E-state index contributed by atoms with van der Waals surface area (Å²) in [5.74, 6) is -0.355. The van der Waals surface area contributed by atoms with Crippen LogP contribution in [0.3, 0.4) is 0 Å². The van der Waals surface area contributed by atoms with Crippen molar-refractivity contribution in [2.45, 2.75) is 0 Å². The van der Waals surface area contributed by atoms with Crippen LogP contribution in [0.2, 0.25) is 5.02 Å². The first-order chi connectivity index (χ1) is 14.1. The van der Waals surface area contributed by atoms with Crippen LogP contribution in [0.4, 0.5) is 0 Å². The third-order valence-corrected chi connectivity index (χ3v) is 4.62. The molecule has 142 valence electrons. The molecule has 0 aliphatic rings. The van der Waals surface area contributed by atoms with Gasteiger partial charge in [0.1, 0.15) is 5.75 Å². The number of aromatic hydroxyl groups is 1. The average Bonchev–Trinajstić information content (AvgIpc) is 2.76. The Bertz CT molecular complexity index is 1220. The second kappa shape index (κ2) is 8.12. The van der Waals surface area contributed by atoms with Crippen molar-refractivity contribution in [2.75, 3.05) is 0 Å². The third kappa shape index (κ3) is 4.10. The standard InChI is InChI=1S/C23H16ClN3O2/c24-17-10-11-22(28)16(12-17)14-25-27-23(29)19-13-21(15-6-2-1-3-7-15)26-20-9-5-4-8-18(19)20/h1-14,28H,(H,27,29). The van der Waals surface area contributed by atoms with E-state index in [0.29, 0.717) is 21.8 Å². The number of halogens is 1. The second-order valence-corrected chi connectivity index (χ2v) is 6.78. The number of hydrogen-bond donors (Lipinski definition) is 2. The number of para-hydroxylation sites is 1. The minimum absolute atomic E-state index is 0.0214. The number of nitrogens with zero attached hydrogens (tertiary/aromatic N) is 2. The number of amides is 1. The molecule has 4 rings (SSSR count). The van der Waals surface area contributed by atoms with Crippen LogP contribution >= 0.6 is 11.6 Å². The van der Waals surface area contributed by atoms with Crippen LogP contribution in [-0.2, 0) is 0 Å². The van der Waals surface area contributed by atoms with Crippen molar-refractivity contribution in [1.82, 2.24) is 10.4 Å². The lowest BCUT2D eigenvalue weighted by Gasteiger charge is -2.09. The van der Waals surface area contributed by atoms with Gasteiger partial charge in [0.25, 0.3) is 5.91 Å². The molecule has 0 aliphatic heterocycles. The van der Waals surface area contributed by atoms with Gasteiger partial charge in [-0.05, 0) is 30.3 Å². The fourth-order valence-electron chi connectivity index (χ4n) is 2.97. The van der Waals surface area contributed by atoms with Gasteiger partial charge in [-0.3, -0.25) is 4.79 Å². The quantitative estimate of drug-likeness (QED) is 0.372. The molecule has 1 amide bonds. The largest absolute Gasteiger partial charge is 0.507 e. The number of hydrazone groups is 1. The van der Waals surface area contributed by atoms with Crippen molar-refractivity contribution in [2.24, 2.45) is 5.10 Å². The van der Waals surface area contributed by atoms with Crippen LogP contribution in [0.15, 0.2) is 84.0 Å². The molecule has 4 aromatic rings. The van der Waals surface area contributed by atoms with E-state index >= 15 is 0 Å². The van der Waals surface area contributed by atoms with Gasteiger partial charge in [-0.15, -0.1) is 0 Å². The minimum Gasteiger partial charge on any atom is -0.507 e. The summed E-state index contributed by atoms with van der Waals surface area (Å²) in [6, 6.07) is 23.5. The lowest BCUT2D eigenvalue weighted by atomic mass is 10.0. The van der Waals surface area contributed by atoms with Gasteiger partial charge in [0, 0.05) is 21.5 Å². The van der Waals surface area contributed by atoms with E-state index < -0.39 is 0 Å². The molecule has 6 heteroatoms. The first-order valence-corrected chi connectivity index (χ1v) is 9.27. The molecule has 0 fully saturated rings. The highest BCUT2D eigenvalue weighted by atomic mass is 35.5. The fourth-order valence-corrected chi connectivity index (χ4v) is 3.15. The highest BCUT2D eigenvalue weighted by molar-refractivity contribution is 6.30. The maximum absolute atomic E-state index is 12.8. The summed E-state index contributed by atoms with van der Waals surface area (Å²) < 4.78 is 0. The number of pyridine rings is 1. The molecule has 0 saturated carbocycles. The first kappa shape index (κ1) is 18.7. The summed E-state index contributed by atoms with van der Waals surface area (Å²) >= 11 is 5.93. The van der Waals surface area contributed by atoms with Crippen LogP contribution in [0.25, 0.3) is 22.2 Å². The molecule has 0 atom stereocenters. The van der Waals surface area contributed by atoms with Crippen LogP contribution in [0.5, 0.6) is 5.75 Å². The van der Waals surface area contributed by atoms with Crippen molar-refractivity contribution >= 4 is 34.6 Å². The van der Waals surface area contributed by atoms with Gasteiger partial charge < -0.3 is 5.11 Å². The van der Waals surface area contributed by atoms with Crippen molar-refractivity contribution in [3.63, 3.8) is 0 Å². The highest BCUT2D eigenvalue weighted by Crippen LogP contribution is 2.25. The number of benzene rings is 3. The van der Waals surface area contributed by atoms with E-state index in [1.807, 2.05) is 54.6 Å². The maximum Gasteiger partial charge on any atom is 0.272 e. The van der Waals surface area contributed by atoms with Gasteiger partial charge in [0.2, 0.25) is 0 Å². The van der Waals surface area contributed by atoms with Crippen LogP contribution in [-0.4, -0.2) is 22.2 Å². The van der Waals surface area contributed by atoms with Gasteiger partial charge in [-0.1, -0.05) is 60.1 Å². The third-order valence-electron chi connectivity index (χ3n) is 4.39. The molecule has 0 saturated heterocycles. The number of nitrogens with one attached hydrogen (secondary N) is 1. The Labute approximate surface area is 172 Å². The number of rotatable bonds is 4. The molecule has 0 spiro atoms. The summed E-state index contributed by atoms with van der Waals surface area (Å²) in [4.78, 5) is 17.5. The van der Waals surface area contributed by atoms with Gasteiger partial charge in [0.15, 0.2) is 0 Å². The maximum atomic E-state index is 12.8. The van der Waals surface area contributed by atoms with E-state index in [1.54, 1.807) is 18.2 Å². The minimum atomic E-state index is -0.376. The molecule has 0 aliphatic carbocycles. The summed E-state index contributed by atoms with van der Waals surface area (Å²) in [6.07, 6.45) is 1.35. The zero-order valence-corrected chi connectivity index (χ0v) is 16.0. The number of fused-ring (bicyclic) bond motifs is 1. The van der Waals surface area contributed by atoms with E-state index in [1.165, 1.54) is 12.3 Å². The normalized spacial score (nSPS) is 11.1. The molecular formula is C23H16ClN3O2. The Kier molecular flexibility index (Phi) is 5.22. The molecule has 0 bridgehead atoms. The van der Waals surface area contributed by atoms with Gasteiger partial charge in [0.05, 0.1) is 23.0 Å². The average molecular weight is 402 g/mol. The SMILES string of the molecule is O=C(NN=Cc1cc(Cl)ccc1O)c1cc(-c2ccccc2)nc2ccccc12. The number of carbonyl (C=O) groups excluding carboxylic acids is 1. The van der Waals surface area contributed by atoms with E-state index in [2.05, 4.69) is 15.5 Å². The number of aromatic nitrogens is 1. The smallest absolute Gasteiger partial charge is 0.272 e. The Morgan fingerprint density at radius 3 is 2.59 bits per heavy atom. The van der Waals surface area contributed by atoms with Crippen LogP contribution in [0.1, 0.15) is 15.9 Å². The molecule has 1 heterocycles. The van der Waals surface area contributed by atoms with Gasteiger partial charge in [-0.2, -0.15) is 5.10 Å². The topological polar surface area (TPSA) is 74.6 Å². The number of phenols is 1. The van der Waals surface area contributed by atoms with Crippen LogP contribution in [0, 0.1) is 0 Å². The molecule has 0 radical (unpaired) electrons. The van der Waals surface area contributed by atoms with Gasteiger partial charge >= 0.3 is 0 Å². The Hall–Kier alpha value is -3.70. The summed E-state index contributed by atoms with van der Waals surface area (Å²) in [6.45, 7) is 0. The molecule has 29 heavy (non-hydrogen) atoms. The predicted octanol–water partition coefficient (Wildman–Crippen LogP) is 5.02. The molecule has 1 aromatic heterocycles. The van der Waals surface area contributed by atoms with Crippen molar-refractivity contribution in [3.05, 3.63) is 95.0 Å². The Morgan fingerprint density at radius 2 is 1.76 bits per heavy atom. The number of carbonyl (C=O) groups is 1. The Balaban J connectivity index is 1.68. The van der Waals surface area contributed by atoms with E-state index in [-0.39, 0.29) is 11.7 Å². The molecular weight excluding hydrogens is 386 g/mol. The Morgan fingerprint density at radius 1 is 1.00 bits per heavy atom. The molecule has 2 N–H and O–H groups in total. The van der Waals surface area contributed by atoms with Crippen LogP contribution < -0.4 is 5.43 Å². The van der Waals surface area contributed by atoms with Crippen molar-refractivity contribution < 1.29 is 9.90 Å². The number of phenolic OH excluding ortho intramolecular Hbond substituents is 1. The zero-order valence-electron chi connectivity index (χ0n) is 15.2. The van der Waals surface area contributed by atoms with E-state index in [9.17, 15) is 9.90 Å². The second-order valence-electron chi connectivity index (χ2n) is 6.34. The van der Waals surface area contributed by atoms with Gasteiger partial charge in [-0.25, -0.2) is 10.4 Å². The first-order valence-electron chi connectivity index (χ1n) is 8.89. The van der Waals surface area contributed by atoms with E-state index in [0.717, 1.165) is 16.5 Å². The molecule has 5 nitrogen and oxygen atoms in total. The van der Waals surface area contributed by atoms with E-state index in [4.69, 9.17) is 11.6 Å². The summed E-state index contributed by atoms with van der Waals surface area (Å²) in [5, 5.41) is 15.0. The lowest BCUT2D eigenvalue weighted by Crippen LogP contribution is -2.18. The zero-order chi connectivity index (χ0) is 20.2. The van der Waals surface area contributed by atoms with Crippen molar-refractivity contribution in [3.8, 4) is 17.0 Å². The summed E-state index contributed by atoms with van der Waals surface area (Å²) in [7, 11) is 0. The lowest BCUT2D eigenvalue weighted by molar-refractivity contribution is 0.0956. The number of hydrogen-bond acceptors (Lipinski definition) is 4. The van der Waals surface area contributed by atoms with Crippen molar-refractivity contribution in [1.29, 1.82) is 0 Å². The monoisotopic (exact) mass is 401 g/mol. The molecule has 3 aromatic carbocycles. The predicted molar refractivity (Wildman–Crippen MR) is 115 cm³/mol. The summed E-state index contributed by atoms with van der Waals surface area (Å²) in [5.41, 5.74) is 5.71.